The van der Waals surface area contributed by atoms with Gasteiger partial charge in [0.05, 0.1) is 12.1 Å². The number of nitrogens with one attached hydrogen (secondary N) is 1. The second-order valence-corrected chi connectivity index (χ2v) is 5.11. The molecule has 0 aliphatic heterocycles. The summed E-state index contributed by atoms with van der Waals surface area (Å²) in [6, 6.07) is 7.59. The molecular weight excluding hydrogens is 321 g/mol. The largest absolute Gasteiger partial charge is 0.416 e. The van der Waals surface area contributed by atoms with Gasteiger partial charge in [0.25, 0.3) is 0 Å². The Morgan fingerprint density at radius 2 is 2.00 bits per heavy atom. The summed E-state index contributed by atoms with van der Waals surface area (Å²) in [6.07, 6.45) is -2.45. The molecule has 0 radical (unpaired) electrons. The Kier molecular flexibility index (Phi) is 3.89. The van der Waals surface area contributed by atoms with E-state index < -0.39 is 11.7 Å². The Bertz CT molecular complexity index is 576. The lowest BCUT2D eigenvalue weighted by atomic mass is 10.2. The quantitative estimate of drug-likeness (QED) is 0.880. The van der Waals surface area contributed by atoms with Crippen LogP contribution in [0, 0.1) is 0 Å². The van der Waals surface area contributed by atoms with E-state index in [0.717, 1.165) is 17.8 Å². The second kappa shape index (κ2) is 5.28. The Hall–Kier alpha value is -1.43. The lowest BCUT2D eigenvalue weighted by Gasteiger charge is -2.12. The van der Waals surface area contributed by atoms with Gasteiger partial charge in [0.15, 0.2) is 0 Å². The molecule has 2 nitrogen and oxygen atoms in total. The van der Waals surface area contributed by atoms with E-state index in [-0.39, 0.29) is 0 Å². The summed E-state index contributed by atoms with van der Waals surface area (Å²) in [5.74, 6) is 0. The van der Waals surface area contributed by atoms with E-state index in [9.17, 15) is 13.2 Å². The zero-order chi connectivity index (χ0) is 14.0. The molecule has 0 unspecified atom stereocenters. The van der Waals surface area contributed by atoms with Crippen LogP contribution in [0.3, 0.4) is 0 Å². The predicted molar refractivity (Wildman–Crippen MR) is 71.9 cm³/mol. The van der Waals surface area contributed by atoms with Crippen molar-refractivity contribution in [2.45, 2.75) is 12.7 Å². The second-order valence-electron chi connectivity index (χ2n) is 4.19. The van der Waals surface area contributed by atoms with Crippen LogP contribution in [0.15, 0.2) is 41.0 Å². The highest BCUT2D eigenvalue weighted by atomic mass is 79.9. The Morgan fingerprint density at radius 3 is 2.58 bits per heavy atom. The predicted octanol–water partition coefficient (Wildman–Crippen LogP) is 4.42. The molecule has 1 N–H and O–H groups in total. The average molecular weight is 333 g/mol. The fourth-order valence-electron chi connectivity index (χ4n) is 1.73. The number of hydrogen-bond donors (Lipinski definition) is 1. The van der Waals surface area contributed by atoms with Crippen LogP contribution >= 0.6 is 15.9 Å². The summed E-state index contributed by atoms with van der Waals surface area (Å²) >= 11 is 3.09. The maximum atomic E-state index is 12.7. The number of halogens is 4. The lowest BCUT2D eigenvalue weighted by molar-refractivity contribution is -0.137. The molecule has 6 heteroatoms. The topological polar surface area (TPSA) is 17.0 Å². The van der Waals surface area contributed by atoms with Gasteiger partial charge in [-0.25, -0.2) is 0 Å². The molecular formula is C13H12BrF3N2. The van der Waals surface area contributed by atoms with Gasteiger partial charge in [0.2, 0.25) is 0 Å². The zero-order valence-corrected chi connectivity index (χ0v) is 11.7. The monoisotopic (exact) mass is 332 g/mol. The van der Waals surface area contributed by atoms with Crippen LogP contribution in [0.5, 0.6) is 0 Å². The van der Waals surface area contributed by atoms with Crippen molar-refractivity contribution in [1.82, 2.24) is 4.57 Å². The first kappa shape index (κ1) is 14.0. The summed E-state index contributed by atoms with van der Waals surface area (Å²) in [4.78, 5) is 0. The smallest absolute Gasteiger partial charge is 0.379 e. The van der Waals surface area contributed by atoms with E-state index in [2.05, 4.69) is 21.2 Å². The van der Waals surface area contributed by atoms with Crippen molar-refractivity contribution >= 4 is 21.6 Å². The molecule has 102 valence electrons. The van der Waals surface area contributed by atoms with Crippen LogP contribution in [0.2, 0.25) is 0 Å². The highest BCUT2D eigenvalue weighted by molar-refractivity contribution is 9.10. The molecule has 1 aromatic heterocycles. The van der Waals surface area contributed by atoms with Gasteiger partial charge in [-0.15, -0.1) is 0 Å². The zero-order valence-electron chi connectivity index (χ0n) is 10.1. The number of anilines is 1. The third kappa shape index (κ3) is 3.53. The highest BCUT2D eigenvalue weighted by Crippen LogP contribution is 2.33. The highest BCUT2D eigenvalue weighted by Gasteiger charge is 2.31. The molecule has 2 aromatic rings. The van der Waals surface area contributed by atoms with Gasteiger partial charge < -0.3 is 9.88 Å². The number of benzene rings is 1. The first-order valence-electron chi connectivity index (χ1n) is 5.58. The van der Waals surface area contributed by atoms with E-state index >= 15 is 0 Å². The molecule has 0 saturated heterocycles. The van der Waals surface area contributed by atoms with Crippen molar-refractivity contribution in [3.8, 4) is 0 Å². The first-order valence-corrected chi connectivity index (χ1v) is 6.37. The third-order valence-electron chi connectivity index (χ3n) is 2.75. The molecule has 0 aliphatic rings. The first-order chi connectivity index (χ1) is 8.86. The Labute approximate surface area is 117 Å². The molecule has 0 saturated carbocycles. The van der Waals surface area contributed by atoms with E-state index in [4.69, 9.17) is 0 Å². The number of alkyl halides is 3. The average Bonchev–Trinajstić information content (AvgIpc) is 2.70. The number of aryl methyl sites for hydroxylation is 1. The summed E-state index contributed by atoms with van der Waals surface area (Å²) in [7, 11) is 1.89. The third-order valence-corrected chi connectivity index (χ3v) is 3.21. The van der Waals surface area contributed by atoms with Gasteiger partial charge >= 0.3 is 6.18 Å². The maximum Gasteiger partial charge on any atom is 0.416 e. The molecule has 2 rings (SSSR count). The van der Waals surface area contributed by atoms with Crippen LogP contribution < -0.4 is 5.32 Å². The van der Waals surface area contributed by atoms with Crippen LogP contribution in [0.4, 0.5) is 18.9 Å². The summed E-state index contributed by atoms with van der Waals surface area (Å²) < 4.78 is 40.3. The van der Waals surface area contributed by atoms with Crippen molar-refractivity contribution in [3.63, 3.8) is 0 Å². The van der Waals surface area contributed by atoms with Gasteiger partial charge in [0.1, 0.15) is 0 Å². The standard InChI is InChI=1S/C13H12BrF3N2/c1-19-4-2-3-12(19)8-18-11-6-9(13(15,16)17)5-10(14)7-11/h2-7,18H,8H2,1H3. The molecule has 1 aromatic carbocycles. The summed E-state index contributed by atoms with van der Waals surface area (Å²) in [5.41, 5.74) is 0.757. The minimum Gasteiger partial charge on any atom is -0.379 e. The number of nitrogens with zero attached hydrogens (tertiary/aromatic N) is 1. The van der Waals surface area contributed by atoms with E-state index in [1.165, 1.54) is 0 Å². The van der Waals surface area contributed by atoms with E-state index in [0.29, 0.717) is 16.7 Å². The fourth-order valence-corrected chi connectivity index (χ4v) is 2.22. The molecule has 0 bridgehead atoms. The molecule has 0 spiro atoms. The van der Waals surface area contributed by atoms with Gasteiger partial charge in [-0.3, -0.25) is 0 Å². The van der Waals surface area contributed by atoms with E-state index in [1.807, 2.05) is 29.9 Å². The Balaban J connectivity index is 2.17. The van der Waals surface area contributed by atoms with Crippen molar-refractivity contribution in [1.29, 1.82) is 0 Å². The summed E-state index contributed by atoms with van der Waals surface area (Å²) in [6.45, 7) is 0.469. The van der Waals surface area contributed by atoms with E-state index in [1.54, 1.807) is 6.07 Å². The molecule has 1 heterocycles. The van der Waals surface area contributed by atoms with Crippen molar-refractivity contribution in [2.75, 3.05) is 5.32 Å². The van der Waals surface area contributed by atoms with Gasteiger partial charge in [-0.1, -0.05) is 15.9 Å². The molecule has 0 aliphatic carbocycles. The van der Waals surface area contributed by atoms with Crippen molar-refractivity contribution < 1.29 is 13.2 Å². The molecule has 19 heavy (non-hydrogen) atoms. The Morgan fingerprint density at radius 1 is 1.26 bits per heavy atom. The maximum absolute atomic E-state index is 12.7. The number of hydrogen-bond acceptors (Lipinski definition) is 1. The number of rotatable bonds is 3. The van der Waals surface area contributed by atoms with Gasteiger partial charge in [-0.2, -0.15) is 13.2 Å². The SMILES string of the molecule is Cn1cccc1CNc1cc(Br)cc(C(F)(F)F)c1. The van der Waals surface area contributed by atoms with Crippen molar-refractivity contribution in [3.05, 3.63) is 52.3 Å². The van der Waals surface area contributed by atoms with Gasteiger partial charge in [-0.05, 0) is 30.3 Å². The van der Waals surface area contributed by atoms with Crippen LogP contribution in [0.25, 0.3) is 0 Å². The van der Waals surface area contributed by atoms with Gasteiger partial charge in [0, 0.05) is 29.1 Å². The minimum atomic E-state index is -4.34. The van der Waals surface area contributed by atoms with Crippen LogP contribution in [-0.4, -0.2) is 4.57 Å². The molecule has 0 atom stereocenters. The molecule has 0 amide bonds. The van der Waals surface area contributed by atoms with Crippen molar-refractivity contribution in [2.24, 2.45) is 7.05 Å². The number of aromatic nitrogens is 1. The minimum absolute atomic E-state index is 0.400. The van der Waals surface area contributed by atoms with Crippen LogP contribution in [0.1, 0.15) is 11.3 Å². The fraction of sp³-hybridized carbons (Fsp3) is 0.231. The lowest BCUT2D eigenvalue weighted by Crippen LogP contribution is -2.08. The van der Waals surface area contributed by atoms with Crippen LogP contribution in [-0.2, 0) is 19.8 Å². The summed E-state index contributed by atoms with van der Waals surface area (Å²) in [5, 5.41) is 2.99. The normalized spacial score (nSPS) is 11.6. The molecule has 0 fully saturated rings.